The van der Waals surface area contributed by atoms with Gasteiger partial charge in [-0.3, -0.25) is 10.1 Å². The molecule has 2 aromatic carbocycles. The van der Waals surface area contributed by atoms with Crippen LogP contribution in [0.25, 0.3) is 0 Å². The van der Waals surface area contributed by atoms with Crippen LogP contribution in [-0.2, 0) is 16.0 Å². The number of benzene rings is 2. The standard InChI is InChI=1S/C19H20N2O3S/c1-13-7-6-10-15(11-13)17(22)21-19(25)20-16(18(23)24-2)12-14-8-4-3-5-9-14/h3-11,16H,12H2,1-2H3,(H2,20,21,22,25). The van der Waals surface area contributed by atoms with Gasteiger partial charge in [0, 0.05) is 12.0 Å². The van der Waals surface area contributed by atoms with E-state index in [4.69, 9.17) is 17.0 Å². The summed E-state index contributed by atoms with van der Waals surface area (Å²) in [5.41, 5.74) is 2.43. The maximum atomic E-state index is 12.2. The van der Waals surface area contributed by atoms with E-state index in [-0.39, 0.29) is 11.0 Å². The van der Waals surface area contributed by atoms with Crippen LogP contribution in [0.3, 0.4) is 0 Å². The van der Waals surface area contributed by atoms with E-state index in [1.54, 1.807) is 18.2 Å². The Balaban J connectivity index is 2.01. The van der Waals surface area contributed by atoms with Crippen molar-refractivity contribution < 1.29 is 14.3 Å². The number of hydrogen-bond donors (Lipinski definition) is 2. The first-order valence-corrected chi connectivity index (χ1v) is 8.20. The molecule has 130 valence electrons. The van der Waals surface area contributed by atoms with Gasteiger partial charge in [-0.05, 0) is 36.8 Å². The predicted octanol–water partition coefficient (Wildman–Crippen LogP) is 2.38. The van der Waals surface area contributed by atoms with Crippen LogP contribution in [0.4, 0.5) is 0 Å². The third kappa shape index (κ3) is 5.69. The Hall–Kier alpha value is -2.73. The molecule has 2 aromatic rings. The summed E-state index contributed by atoms with van der Waals surface area (Å²) in [5, 5.41) is 5.53. The zero-order valence-electron chi connectivity index (χ0n) is 14.1. The number of methoxy groups -OCH3 is 1. The first-order chi connectivity index (χ1) is 12.0. The minimum Gasteiger partial charge on any atom is -0.467 e. The second-order valence-corrected chi connectivity index (χ2v) is 5.97. The summed E-state index contributed by atoms with van der Waals surface area (Å²) < 4.78 is 4.82. The zero-order valence-corrected chi connectivity index (χ0v) is 14.9. The molecule has 2 N–H and O–H groups in total. The van der Waals surface area contributed by atoms with Crippen molar-refractivity contribution in [3.63, 3.8) is 0 Å². The Kier molecular flexibility index (Phi) is 6.65. The van der Waals surface area contributed by atoms with Crippen LogP contribution in [0.1, 0.15) is 21.5 Å². The second-order valence-electron chi connectivity index (χ2n) is 5.56. The van der Waals surface area contributed by atoms with Crippen molar-refractivity contribution in [2.24, 2.45) is 0 Å². The van der Waals surface area contributed by atoms with Crippen molar-refractivity contribution in [3.05, 3.63) is 71.3 Å². The number of hydrogen-bond acceptors (Lipinski definition) is 4. The van der Waals surface area contributed by atoms with Crippen LogP contribution in [0.15, 0.2) is 54.6 Å². The number of ether oxygens (including phenoxy) is 1. The number of esters is 1. The van der Waals surface area contributed by atoms with E-state index in [2.05, 4.69) is 10.6 Å². The van der Waals surface area contributed by atoms with Crippen molar-refractivity contribution in [1.29, 1.82) is 0 Å². The molecular weight excluding hydrogens is 336 g/mol. The van der Waals surface area contributed by atoms with Crippen LogP contribution in [0.5, 0.6) is 0 Å². The molecule has 1 amide bonds. The van der Waals surface area contributed by atoms with E-state index in [0.29, 0.717) is 12.0 Å². The van der Waals surface area contributed by atoms with Gasteiger partial charge in [-0.15, -0.1) is 0 Å². The Bertz CT molecular complexity index is 762. The molecule has 6 heteroatoms. The average molecular weight is 356 g/mol. The first-order valence-electron chi connectivity index (χ1n) is 7.80. The normalized spacial score (nSPS) is 11.3. The minimum absolute atomic E-state index is 0.0813. The van der Waals surface area contributed by atoms with E-state index in [0.717, 1.165) is 11.1 Å². The van der Waals surface area contributed by atoms with E-state index in [1.807, 2.05) is 43.3 Å². The molecular formula is C19H20N2O3S. The first kappa shape index (κ1) is 18.6. The summed E-state index contributed by atoms with van der Waals surface area (Å²) in [6.45, 7) is 1.90. The highest BCUT2D eigenvalue weighted by Crippen LogP contribution is 2.06. The van der Waals surface area contributed by atoms with Crippen molar-refractivity contribution >= 4 is 29.2 Å². The fourth-order valence-corrected chi connectivity index (χ4v) is 2.58. The van der Waals surface area contributed by atoms with E-state index in [9.17, 15) is 9.59 Å². The molecule has 0 radical (unpaired) electrons. The smallest absolute Gasteiger partial charge is 0.328 e. The van der Waals surface area contributed by atoms with E-state index in [1.165, 1.54) is 7.11 Å². The Morgan fingerprint density at radius 2 is 1.84 bits per heavy atom. The molecule has 0 heterocycles. The monoisotopic (exact) mass is 356 g/mol. The highest BCUT2D eigenvalue weighted by molar-refractivity contribution is 7.80. The maximum Gasteiger partial charge on any atom is 0.328 e. The highest BCUT2D eigenvalue weighted by Gasteiger charge is 2.21. The van der Waals surface area contributed by atoms with Crippen LogP contribution in [-0.4, -0.2) is 30.1 Å². The molecule has 0 saturated heterocycles. The van der Waals surface area contributed by atoms with Crippen molar-refractivity contribution in [2.45, 2.75) is 19.4 Å². The van der Waals surface area contributed by atoms with Gasteiger partial charge in [0.1, 0.15) is 6.04 Å². The number of carbonyl (C=O) groups excluding carboxylic acids is 2. The molecule has 2 rings (SSSR count). The SMILES string of the molecule is COC(=O)C(Cc1ccccc1)NC(=S)NC(=O)c1cccc(C)c1. The van der Waals surface area contributed by atoms with Gasteiger partial charge in [-0.25, -0.2) is 4.79 Å². The lowest BCUT2D eigenvalue weighted by Gasteiger charge is -2.18. The molecule has 0 spiro atoms. The molecule has 0 aromatic heterocycles. The van der Waals surface area contributed by atoms with Gasteiger partial charge >= 0.3 is 5.97 Å². The largest absolute Gasteiger partial charge is 0.467 e. The molecule has 25 heavy (non-hydrogen) atoms. The summed E-state index contributed by atoms with van der Waals surface area (Å²) in [4.78, 5) is 24.2. The number of aryl methyl sites for hydroxylation is 1. The number of thiocarbonyl (C=S) groups is 1. The number of nitrogens with one attached hydrogen (secondary N) is 2. The van der Waals surface area contributed by atoms with Gasteiger partial charge < -0.3 is 10.1 Å². The van der Waals surface area contributed by atoms with Crippen molar-refractivity contribution in [2.75, 3.05) is 7.11 Å². The molecule has 0 aliphatic rings. The van der Waals surface area contributed by atoms with Gasteiger partial charge in [0.2, 0.25) is 0 Å². The summed E-state index contributed by atoms with van der Waals surface area (Å²) in [6, 6.07) is 16.0. The van der Waals surface area contributed by atoms with Gasteiger partial charge in [-0.2, -0.15) is 0 Å². The Labute approximate surface area is 152 Å². The quantitative estimate of drug-likeness (QED) is 0.636. The third-order valence-electron chi connectivity index (χ3n) is 3.58. The van der Waals surface area contributed by atoms with Crippen LogP contribution in [0.2, 0.25) is 0 Å². The maximum absolute atomic E-state index is 12.2. The topological polar surface area (TPSA) is 67.4 Å². The number of carbonyl (C=O) groups is 2. The lowest BCUT2D eigenvalue weighted by Crippen LogP contribution is -2.49. The van der Waals surface area contributed by atoms with Gasteiger partial charge in [-0.1, -0.05) is 48.0 Å². The predicted molar refractivity (Wildman–Crippen MR) is 100 cm³/mol. The van der Waals surface area contributed by atoms with Crippen molar-refractivity contribution in [3.8, 4) is 0 Å². The third-order valence-corrected chi connectivity index (χ3v) is 3.80. The van der Waals surface area contributed by atoms with Gasteiger partial charge in [0.25, 0.3) is 5.91 Å². The van der Waals surface area contributed by atoms with Gasteiger partial charge in [0.05, 0.1) is 7.11 Å². The molecule has 0 aliphatic carbocycles. The molecule has 1 atom stereocenters. The zero-order chi connectivity index (χ0) is 18.2. The lowest BCUT2D eigenvalue weighted by atomic mass is 10.1. The summed E-state index contributed by atoms with van der Waals surface area (Å²) in [6.07, 6.45) is 0.397. The summed E-state index contributed by atoms with van der Waals surface area (Å²) in [7, 11) is 1.32. The molecule has 0 fully saturated rings. The minimum atomic E-state index is -0.683. The molecule has 0 bridgehead atoms. The fourth-order valence-electron chi connectivity index (χ4n) is 2.34. The number of amides is 1. The summed E-state index contributed by atoms with van der Waals surface area (Å²) in [5.74, 6) is -0.777. The van der Waals surface area contributed by atoms with Crippen LogP contribution < -0.4 is 10.6 Å². The molecule has 0 saturated carbocycles. The fraction of sp³-hybridized carbons (Fsp3) is 0.211. The average Bonchev–Trinajstić information content (AvgIpc) is 2.61. The highest BCUT2D eigenvalue weighted by atomic mass is 32.1. The molecule has 0 aliphatic heterocycles. The molecule has 5 nitrogen and oxygen atoms in total. The lowest BCUT2D eigenvalue weighted by molar-refractivity contribution is -0.142. The number of rotatable bonds is 5. The van der Waals surface area contributed by atoms with E-state index >= 15 is 0 Å². The second kappa shape index (κ2) is 8.94. The van der Waals surface area contributed by atoms with Gasteiger partial charge in [0.15, 0.2) is 5.11 Å². The van der Waals surface area contributed by atoms with Crippen LogP contribution >= 0.6 is 12.2 Å². The summed E-state index contributed by atoms with van der Waals surface area (Å²) >= 11 is 5.17. The van der Waals surface area contributed by atoms with E-state index < -0.39 is 12.0 Å². The Morgan fingerprint density at radius 3 is 2.48 bits per heavy atom. The molecule has 1 unspecified atom stereocenters. The van der Waals surface area contributed by atoms with Crippen LogP contribution in [0, 0.1) is 6.92 Å². The Morgan fingerprint density at radius 1 is 1.12 bits per heavy atom. The van der Waals surface area contributed by atoms with Crippen molar-refractivity contribution in [1.82, 2.24) is 10.6 Å².